The van der Waals surface area contributed by atoms with Crippen molar-refractivity contribution in [3.05, 3.63) is 59.7 Å². The van der Waals surface area contributed by atoms with E-state index in [1.54, 1.807) is 18.9 Å². The van der Waals surface area contributed by atoms with Crippen LogP contribution in [0.2, 0.25) is 0 Å². The summed E-state index contributed by atoms with van der Waals surface area (Å²) in [6.07, 6.45) is 6.02. The number of benzene rings is 2. The molecule has 1 N–H and O–H groups in total. The molecule has 0 spiro atoms. The van der Waals surface area contributed by atoms with Crippen molar-refractivity contribution in [1.29, 1.82) is 0 Å². The van der Waals surface area contributed by atoms with E-state index in [1.165, 1.54) is 5.56 Å². The molecule has 0 radical (unpaired) electrons. The second-order valence-electron chi connectivity index (χ2n) is 6.61. The van der Waals surface area contributed by atoms with Crippen LogP contribution in [0.4, 0.5) is 5.69 Å². The van der Waals surface area contributed by atoms with Crippen LogP contribution in [0.5, 0.6) is 5.75 Å². The summed E-state index contributed by atoms with van der Waals surface area (Å²) in [5, 5.41) is 3.14. The van der Waals surface area contributed by atoms with Gasteiger partial charge in [0.1, 0.15) is 5.75 Å². The summed E-state index contributed by atoms with van der Waals surface area (Å²) < 4.78 is 5.36. The molecular formula is C21H25NO2S. The minimum Gasteiger partial charge on any atom is -0.497 e. The van der Waals surface area contributed by atoms with Crippen LogP contribution in [0.3, 0.4) is 0 Å². The number of hydrogen-bond donors (Lipinski definition) is 1. The minimum absolute atomic E-state index is 0.0934. The van der Waals surface area contributed by atoms with Gasteiger partial charge in [-0.25, -0.2) is 0 Å². The number of methoxy groups -OCH3 is 1. The Hall–Kier alpha value is -1.94. The fourth-order valence-corrected chi connectivity index (χ4v) is 4.17. The van der Waals surface area contributed by atoms with Crippen molar-refractivity contribution in [3.63, 3.8) is 0 Å². The Labute approximate surface area is 154 Å². The molecule has 3 nitrogen and oxygen atoms in total. The first kappa shape index (κ1) is 17.9. The van der Waals surface area contributed by atoms with Crippen molar-refractivity contribution in [2.45, 2.75) is 36.9 Å². The summed E-state index contributed by atoms with van der Waals surface area (Å²) in [7, 11) is 1.66. The Morgan fingerprint density at radius 2 is 1.88 bits per heavy atom. The zero-order chi connectivity index (χ0) is 17.7. The maximum atomic E-state index is 13.2. The zero-order valence-electron chi connectivity index (χ0n) is 14.9. The topological polar surface area (TPSA) is 38.3 Å². The van der Waals surface area contributed by atoms with Gasteiger partial charge in [0.15, 0.2) is 0 Å². The average Bonchev–Trinajstić information content (AvgIpc) is 3.15. The van der Waals surface area contributed by atoms with Gasteiger partial charge in [0.05, 0.1) is 12.5 Å². The van der Waals surface area contributed by atoms with Gasteiger partial charge in [-0.05, 0) is 54.5 Å². The predicted molar refractivity (Wildman–Crippen MR) is 105 cm³/mol. The van der Waals surface area contributed by atoms with Crippen LogP contribution in [0.1, 0.15) is 36.8 Å². The van der Waals surface area contributed by atoms with Gasteiger partial charge in [-0.15, -0.1) is 0 Å². The van der Waals surface area contributed by atoms with Crippen molar-refractivity contribution in [2.75, 3.05) is 18.7 Å². The summed E-state index contributed by atoms with van der Waals surface area (Å²) in [5.41, 5.74) is 2.74. The van der Waals surface area contributed by atoms with E-state index >= 15 is 0 Å². The average molecular weight is 356 g/mol. The van der Waals surface area contributed by atoms with Crippen LogP contribution in [0.25, 0.3) is 0 Å². The van der Waals surface area contributed by atoms with Crippen molar-refractivity contribution in [3.8, 4) is 5.75 Å². The lowest BCUT2D eigenvalue weighted by atomic mass is 9.78. The smallest absolute Gasteiger partial charge is 0.235 e. The predicted octanol–water partition coefficient (Wildman–Crippen LogP) is 5.01. The third-order valence-corrected chi connectivity index (χ3v) is 5.66. The van der Waals surface area contributed by atoms with Gasteiger partial charge in [-0.1, -0.05) is 37.1 Å². The Morgan fingerprint density at radius 3 is 2.52 bits per heavy atom. The molecule has 2 aromatic rings. The molecule has 1 fully saturated rings. The van der Waals surface area contributed by atoms with Crippen LogP contribution in [0, 0.1) is 0 Å². The van der Waals surface area contributed by atoms with Crippen LogP contribution >= 0.6 is 11.8 Å². The third kappa shape index (κ3) is 3.84. The molecule has 1 aliphatic rings. The van der Waals surface area contributed by atoms with E-state index in [1.807, 2.05) is 30.3 Å². The van der Waals surface area contributed by atoms with Crippen LogP contribution in [-0.2, 0) is 16.0 Å². The molecule has 0 bridgehead atoms. The number of hydrogen-bond acceptors (Lipinski definition) is 3. The molecule has 0 unspecified atom stereocenters. The summed E-state index contributed by atoms with van der Waals surface area (Å²) in [6.45, 7) is 0. The lowest BCUT2D eigenvalue weighted by molar-refractivity contribution is -0.121. The van der Waals surface area contributed by atoms with Gasteiger partial charge in [0.25, 0.3) is 0 Å². The molecule has 3 rings (SSSR count). The van der Waals surface area contributed by atoms with E-state index in [0.717, 1.165) is 48.4 Å². The van der Waals surface area contributed by atoms with E-state index in [-0.39, 0.29) is 5.91 Å². The minimum atomic E-state index is -0.452. The van der Waals surface area contributed by atoms with Crippen molar-refractivity contribution >= 4 is 23.4 Å². The number of thioether (sulfide) groups is 1. The number of rotatable bonds is 6. The molecule has 0 saturated heterocycles. The van der Waals surface area contributed by atoms with Gasteiger partial charge < -0.3 is 10.1 Å². The Kier molecular flexibility index (Phi) is 5.69. The molecular weight excluding hydrogens is 330 g/mol. The van der Waals surface area contributed by atoms with Gasteiger partial charge in [-0.2, -0.15) is 11.8 Å². The number of ether oxygens (including phenoxy) is 1. The molecule has 0 atom stereocenters. The van der Waals surface area contributed by atoms with Crippen LogP contribution < -0.4 is 10.1 Å². The highest BCUT2D eigenvalue weighted by molar-refractivity contribution is 7.97. The maximum absolute atomic E-state index is 13.2. The first-order valence-corrected chi connectivity index (χ1v) is 10.1. The van der Waals surface area contributed by atoms with Gasteiger partial charge in [0, 0.05) is 11.4 Å². The number of carbonyl (C=O) groups is 1. The highest BCUT2D eigenvalue weighted by Crippen LogP contribution is 2.43. The fraction of sp³-hybridized carbons (Fsp3) is 0.381. The maximum Gasteiger partial charge on any atom is 0.235 e. The molecule has 25 heavy (non-hydrogen) atoms. The molecule has 132 valence electrons. The Morgan fingerprint density at radius 1 is 1.16 bits per heavy atom. The first-order valence-electron chi connectivity index (χ1n) is 8.72. The Bertz CT molecular complexity index is 721. The number of carbonyl (C=O) groups excluding carboxylic acids is 1. The summed E-state index contributed by atoms with van der Waals surface area (Å²) in [6, 6.07) is 16.1. The van der Waals surface area contributed by atoms with Crippen molar-refractivity contribution in [2.24, 2.45) is 0 Å². The van der Waals surface area contributed by atoms with Gasteiger partial charge in [-0.3, -0.25) is 4.79 Å². The molecule has 0 heterocycles. The highest BCUT2D eigenvalue weighted by atomic mass is 32.2. The molecule has 2 aromatic carbocycles. The summed E-state index contributed by atoms with van der Waals surface area (Å²) in [5.74, 6) is 1.89. The fourth-order valence-electron chi connectivity index (χ4n) is 3.65. The normalized spacial score (nSPS) is 15.8. The second-order valence-corrected chi connectivity index (χ2v) is 7.47. The third-order valence-electron chi connectivity index (χ3n) is 5.04. The molecule has 0 aliphatic heterocycles. The van der Waals surface area contributed by atoms with E-state index in [2.05, 4.69) is 29.8 Å². The molecule has 1 amide bonds. The van der Waals surface area contributed by atoms with Crippen molar-refractivity contribution < 1.29 is 9.53 Å². The van der Waals surface area contributed by atoms with Gasteiger partial charge in [0.2, 0.25) is 5.91 Å². The molecule has 4 heteroatoms. The Balaban J connectivity index is 1.83. The summed E-state index contributed by atoms with van der Waals surface area (Å²) >= 11 is 1.80. The quantitative estimate of drug-likeness (QED) is 0.792. The van der Waals surface area contributed by atoms with Crippen LogP contribution in [0.15, 0.2) is 48.5 Å². The van der Waals surface area contributed by atoms with Gasteiger partial charge >= 0.3 is 0 Å². The highest BCUT2D eigenvalue weighted by Gasteiger charge is 2.42. The lowest BCUT2D eigenvalue weighted by Crippen LogP contribution is -2.38. The summed E-state index contributed by atoms with van der Waals surface area (Å²) in [4.78, 5) is 13.2. The number of anilines is 1. The number of nitrogens with one attached hydrogen (secondary N) is 1. The monoisotopic (exact) mass is 355 g/mol. The van der Waals surface area contributed by atoms with Crippen molar-refractivity contribution in [1.82, 2.24) is 0 Å². The van der Waals surface area contributed by atoms with Crippen LogP contribution in [-0.4, -0.2) is 19.3 Å². The zero-order valence-corrected chi connectivity index (χ0v) is 15.7. The molecule has 0 aromatic heterocycles. The molecule has 1 saturated carbocycles. The molecule has 1 aliphatic carbocycles. The number of amides is 1. The van der Waals surface area contributed by atoms with E-state index in [4.69, 9.17) is 4.74 Å². The second kappa shape index (κ2) is 7.96. The van der Waals surface area contributed by atoms with E-state index in [9.17, 15) is 4.79 Å². The standard InChI is InChI=1S/C21H25NO2S/c1-24-19-7-5-6-17(14-19)21(12-3-4-13-21)20(23)22-18-10-8-16(9-11-18)15-25-2/h5-11,14H,3-4,12-13,15H2,1-2H3,(H,22,23). The van der Waals surface area contributed by atoms with E-state index in [0.29, 0.717) is 0 Å². The lowest BCUT2D eigenvalue weighted by Gasteiger charge is -2.28. The largest absolute Gasteiger partial charge is 0.497 e. The SMILES string of the molecule is COc1cccc(C2(C(=O)Nc3ccc(CSC)cc3)CCCC2)c1. The first-order chi connectivity index (χ1) is 12.2. The van der Waals surface area contributed by atoms with E-state index < -0.39 is 5.41 Å².